The molecule has 2 rings (SSSR count). The van der Waals surface area contributed by atoms with Crippen LogP contribution in [0.3, 0.4) is 0 Å². The lowest BCUT2D eigenvalue weighted by molar-refractivity contribution is 0.00578. The highest BCUT2D eigenvalue weighted by atomic mass is 19.3. The number of halogens is 2. The predicted octanol–water partition coefficient (Wildman–Crippen LogP) is 1.66. The summed E-state index contributed by atoms with van der Waals surface area (Å²) in [5, 5.41) is 3.85. The van der Waals surface area contributed by atoms with E-state index < -0.39 is 24.7 Å². The van der Waals surface area contributed by atoms with Crippen LogP contribution in [0.25, 0.3) is 0 Å². The van der Waals surface area contributed by atoms with Crippen LogP contribution in [0.15, 0.2) is 6.20 Å². The van der Waals surface area contributed by atoms with Gasteiger partial charge in [0.25, 0.3) is 6.43 Å². The Morgan fingerprint density at radius 2 is 1.72 bits per heavy atom. The molecule has 0 bridgehead atoms. The average molecular weight is 258 g/mol. The Morgan fingerprint density at radius 1 is 1.22 bits per heavy atom. The first-order valence-corrected chi connectivity index (χ1v) is 5.81. The summed E-state index contributed by atoms with van der Waals surface area (Å²) in [6.07, 6.45) is -1.23. The second-order valence-corrected chi connectivity index (χ2v) is 5.50. The zero-order valence-electron chi connectivity index (χ0n) is 11.2. The van der Waals surface area contributed by atoms with Gasteiger partial charge in [-0.05, 0) is 27.7 Å². The quantitative estimate of drug-likeness (QED) is 0.757. The third kappa shape index (κ3) is 1.95. The van der Waals surface area contributed by atoms with Crippen molar-refractivity contribution in [1.29, 1.82) is 0 Å². The van der Waals surface area contributed by atoms with Gasteiger partial charge in [0, 0.05) is 18.7 Å². The van der Waals surface area contributed by atoms with Gasteiger partial charge in [0.05, 0.1) is 11.2 Å². The van der Waals surface area contributed by atoms with Gasteiger partial charge >= 0.3 is 7.12 Å². The zero-order chi connectivity index (χ0) is 13.7. The number of aromatic nitrogens is 2. The van der Waals surface area contributed by atoms with E-state index in [1.807, 2.05) is 27.7 Å². The summed E-state index contributed by atoms with van der Waals surface area (Å²) < 4.78 is 38.6. The molecule has 0 spiro atoms. The van der Waals surface area contributed by atoms with E-state index in [0.717, 1.165) is 4.68 Å². The summed E-state index contributed by atoms with van der Waals surface area (Å²) in [6.45, 7) is 7.52. The SMILES string of the molecule is Cn1ncc(B2OC(C)(C)C(C)(C)O2)c1C(F)F. The van der Waals surface area contributed by atoms with Gasteiger partial charge in [0.15, 0.2) is 0 Å². The molecule has 1 aromatic rings. The van der Waals surface area contributed by atoms with Crippen LogP contribution in [-0.4, -0.2) is 28.1 Å². The summed E-state index contributed by atoms with van der Waals surface area (Å²) in [7, 11) is 0.684. The van der Waals surface area contributed by atoms with Gasteiger partial charge in [0.1, 0.15) is 5.69 Å². The average Bonchev–Trinajstić information content (AvgIpc) is 2.66. The summed E-state index contributed by atoms with van der Waals surface area (Å²) in [5.74, 6) is 0. The minimum atomic E-state index is -2.61. The van der Waals surface area contributed by atoms with Crippen molar-refractivity contribution in [2.75, 3.05) is 0 Å². The molecule has 100 valence electrons. The fourth-order valence-electron chi connectivity index (χ4n) is 1.88. The van der Waals surface area contributed by atoms with E-state index in [-0.39, 0.29) is 5.69 Å². The molecule has 0 saturated carbocycles. The second kappa shape index (κ2) is 4.03. The van der Waals surface area contributed by atoms with Crippen molar-refractivity contribution in [2.45, 2.75) is 45.3 Å². The highest BCUT2D eigenvalue weighted by Crippen LogP contribution is 2.37. The van der Waals surface area contributed by atoms with Gasteiger partial charge in [0.2, 0.25) is 0 Å². The van der Waals surface area contributed by atoms with E-state index in [0.29, 0.717) is 5.46 Å². The number of nitrogens with zero attached hydrogens (tertiary/aromatic N) is 2. The molecule has 7 heteroatoms. The Labute approximate surface area is 105 Å². The van der Waals surface area contributed by atoms with E-state index in [4.69, 9.17) is 9.31 Å². The third-order valence-corrected chi connectivity index (χ3v) is 3.73. The van der Waals surface area contributed by atoms with E-state index in [1.165, 1.54) is 13.2 Å². The molecular formula is C11H17BF2N2O2. The van der Waals surface area contributed by atoms with Crippen LogP contribution in [0, 0.1) is 0 Å². The minimum Gasteiger partial charge on any atom is -0.399 e. The fraction of sp³-hybridized carbons (Fsp3) is 0.727. The van der Waals surface area contributed by atoms with E-state index in [1.54, 1.807) is 0 Å². The Bertz CT molecular complexity index is 444. The molecule has 1 aliphatic rings. The molecule has 1 fully saturated rings. The van der Waals surface area contributed by atoms with Crippen LogP contribution >= 0.6 is 0 Å². The summed E-state index contributed by atoms with van der Waals surface area (Å²) >= 11 is 0. The van der Waals surface area contributed by atoms with Gasteiger partial charge in [-0.15, -0.1) is 0 Å². The van der Waals surface area contributed by atoms with Gasteiger partial charge in [-0.2, -0.15) is 5.10 Å². The monoisotopic (exact) mass is 258 g/mol. The van der Waals surface area contributed by atoms with E-state index in [9.17, 15) is 8.78 Å². The maximum atomic E-state index is 13.0. The van der Waals surface area contributed by atoms with Crippen molar-refractivity contribution in [1.82, 2.24) is 9.78 Å². The van der Waals surface area contributed by atoms with Crippen molar-refractivity contribution in [3.05, 3.63) is 11.9 Å². The molecule has 18 heavy (non-hydrogen) atoms. The van der Waals surface area contributed by atoms with Crippen molar-refractivity contribution in [2.24, 2.45) is 7.05 Å². The first-order chi connectivity index (χ1) is 8.16. The predicted molar refractivity (Wildman–Crippen MR) is 63.9 cm³/mol. The van der Waals surface area contributed by atoms with Crippen molar-refractivity contribution >= 4 is 12.6 Å². The highest BCUT2D eigenvalue weighted by Gasteiger charge is 2.53. The Balaban J connectivity index is 2.36. The Kier molecular flexibility index (Phi) is 3.02. The topological polar surface area (TPSA) is 36.3 Å². The minimum absolute atomic E-state index is 0.159. The molecular weight excluding hydrogens is 241 g/mol. The van der Waals surface area contributed by atoms with Crippen LogP contribution in [0.2, 0.25) is 0 Å². The van der Waals surface area contributed by atoms with Crippen LogP contribution < -0.4 is 5.46 Å². The summed E-state index contributed by atoms with van der Waals surface area (Å²) in [5.41, 5.74) is -0.959. The molecule has 0 atom stereocenters. The van der Waals surface area contributed by atoms with Gasteiger partial charge in [-0.3, -0.25) is 4.68 Å². The third-order valence-electron chi connectivity index (χ3n) is 3.73. The summed E-state index contributed by atoms with van der Waals surface area (Å²) in [4.78, 5) is 0. The molecule has 1 aromatic heterocycles. The number of hydrogen-bond acceptors (Lipinski definition) is 3. The molecule has 0 radical (unpaired) electrons. The molecule has 4 nitrogen and oxygen atoms in total. The molecule has 0 N–H and O–H groups in total. The van der Waals surface area contributed by atoms with Crippen molar-refractivity contribution in [3.8, 4) is 0 Å². The van der Waals surface area contributed by atoms with Crippen molar-refractivity contribution in [3.63, 3.8) is 0 Å². The first kappa shape index (κ1) is 13.5. The molecule has 0 unspecified atom stereocenters. The van der Waals surface area contributed by atoms with Crippen LogP contribution in [0.5, 0.6) is 0 Å². The van der Waals surface area contributed by atoms with E-state index in [2.05, 4.69) is 5.10 Å². The number of rotatable bonds is 2. The van der Waals surface area contributed by atoms with Gasteiger partial charge < -0.3 is 9.31 Å². The van der Waals surface area contributed by atoms with Crippen LogP contribution in [-0.2, 0) is 16.4 Å². The molecule has 2 heterocycles. The molecule has 0 amide bonds. The van der Waals surface area contributed by atoms with E-state index >= 15 is 0 Å². The lowest BCUT2D eigenvalue weighted by atomic mass is 9.79. The standard InChI is InChI=1S/C11H17BF2N2O2/c1-10(2)11(3,4)18-12(17-10)7-6-15-16(5)8(7)9(13)14/h6,9H,1-5H3. The maximum Gasteiger partial charge on any atom is 0.498 e. The van der Waals surface area contributed by atoms with Crippen LogP contribution in [0.1, 0.15) is 39.8 Å². The lowest BCUT2D eigenvalue weighted by Crippen LogP contribution is -2.41. The fourth-order valence-corrected chi connectivity index (χ4v) is 1.88. The number of alkyl halides is 2. The largest absolute Gasteiger partial charge is 0.498 e. The number of hydrogen-bond donors (Lipinski definition) is 0. The maximum absolute atomic E-state index is 13.0. The first-order valence-electron chi connectivity index (χ1n) is 5.81. The van der Waals surface area contributed by atoms with Crippen molar-refractivity contribution < 1.29 is 18.1 Å². The zero-order valence-corrected chi connectivity index (χ0v) is 11.2. The second-order valence-electron chi connectivity index (χ2n) is 5.50. The van der Waals surface area contributed by atoms with Crippen LogP contribution in [0.4, 0.5) is 8.78 Å². The number of aryl methyl sites for hydroxylation is 1. The lowest BCUT2D eigenvalue weighted by Gasteiger charge is -2.32. The smallest absolute Gasteiger partial charge is 0.399 e. The molecule has 1 saturated heterocycles. The van der Waals surface area contributed by atoms with Gasteiger partial charge in [-0.1, -0.05) is 0 Å². The summed E-state index contributed by atoms with van der Waals surface area (Å²) in [6, 6.07) is 0. The molecule has 1 aliphatic heterocycles. The molecule has 0 aromatic carbocycles. The Hall–Kier alpha value is -0.945. The molecule has 0 aliphatic carbocycles. The van der Waals surface area contributed by atoms with Gasteiger partial charge in [-0.25, -0.2) is 8.78 Å². The normalized spacial score (nSPS) is 21.9. The Morgan fingerprint density at radius 3 is 2.17 bits per heavy atom. The highest BCUT2D eigenvalue weighted by molar-refractivity contribution is 6.62.